The zero-order chi connectivity index (χ0) is 19.2. The fourth-order valence-corrected chi connectivity index (χ4v) is 5.47. The van der Waals surface area contributed by atoms with E-state index in [1.807, 2.05) is 79.7 Å². The van der Waals surface area contributed by atoms with Gasteiger partial charge in [0.2, 0.25) is 0 Å². The van der Waals surface area contributed by atoms with Crippen molar-refractivity contribution < 1.29 is 4.21 Å². The maximum atomic E-state index is 13.6. The number of anilines is 1. The summed E-state index contributed by atoms with van der Waals surface area (Å²) in [5.74, 6) is 0. The van der Waals surface area contributed by atoms with Crippen LogP contribution in [0.1, 0.15) is 24.1 Å². The number of aryl methyl sites for hydroxylation is 1. The zero-order valence-corrected chi connectivity index (χ0v) is 17.4. The van der Waals surface area contributed by atoms with Crippen molar-refractivity contribution >= 4 is 39.7 Å². The largest absolute Gasteiger partial charge is 0.342 e. The maximum absolute atomic E-state index is 13.6. The van der Waals surface area contributed by atoms with E-state index < -0.39 is 15.7 Å². The highest BCUT2D eigenvalue weighted by molar-refractivity contribution is 7.87. The number of hydrogen-bond acceptors (Lipinski definition) is 2. The molecule has 0 spiro atoms. The molecule has 5 heteroatoms. The lowest BCUT2D eigenvalue weighted by Crippen LogP contribution is -2.21. The lowest BCUT2D eigenvalue weighted by atomic mass is 10.1. The quantitative estimate of drug-likeness (QED) is 0.460. The molecule has 27 heavy (non-hydrogen) atoms. The Bertz CT molecular complexity index is 933. The number of hydrogen-bond donors (Lipinski definition) is 0. The monoisotopic (exact) mass is 415 g/mol. The van der Waals surface area contributed by atoms with Crippen molar-refractivity contribution in [1.29, 1.82) is 0 Å². The average Bonchev–Trinajstić information content (AvgIpc) is 3.30. The molecule has 0 radical (unpaired) electrons. The molecule has 3 atom stereocenters. The van der Waals surface area contributed by atoms with Gasteiger partial charge < -0.3 is 4.90 Å². The highest BCUT2D eigenvalue weighted by Gasteiger charge is 2.64. The van der Waals surface area contributed by atoms with E-state index >= 15 is 0 Å². The Morgan fingerprint density at radius 3 is 1.93 bits per heavy atom. The highest BCUT2D eigenvalue weighted by Crippen LogP contribution is 2.58. The first kappa shape index (κ1) is 18.5. The Hall–Kier alpha value is -1.81. The Labute approximate surface area is 172 Å². The van der Waals surface area contributed by atoms with Crippen molar-refractivity contribution in [2.75, 3.05) is 4.90 Å². The summed E-state index contributed by atoms with van der Waals surface area (Å²) < 4.78 is 13.6. The van der Waals surface area contributed by atoms with Crippen LogP contribution in [0.3, 0.4) is 0 Å². The predicted octanol–water partition coefficient (Wildman–Crippen LogP) is 6.39. The molecular weight excluding hydrogens is 397 g/mol. The molecule has 4 rings (SSSR count). The van der Waals surface area contributed by atoms with E-state index in [0.717, 1.165) is 21.7 Å². The Balaban J connectivity index is 1.76. The lowest BCUT2D eigenvalue weighted by Gasteiger charge is -2.13. The van der Waals surface area contributed by atoms with Crippen molar-refractivity contribution in [3.05, 3.63) is 94.0 Å². The third-order valence-corrected chi connectivity index (χ3v) is 7.45. The SMILES string of the molecule is Cc1ccc(S(=O)[C@]2(C)[C@@H](c3ccc(Cl)cc3)N2c2ccc(Cl)cc2)cc1. The molecule has 0 amide bonds. The minimum Gasteiger partial charge on any atom is -0.342 e. The average molecular weight is 416 g/mol. The van der Waals surface area contributed by atoms with E-state index in [-0.39, 0.29) is 6.04 Å². The van der Waals surface area contributed by atoms with E-state index in [9.17, 15) is 4.21 Å². The molecular formula is C22H19Cl2NOS. The second kappa shape index (κ2) is 6.97. The van der Waals surface area contributed by atoms with E-state index in [4.69, 9.17) is 23.2 Å². The van der Waals surface area contributed by atoms with Gasteiger partial charge in [0, 0.05) is 20.6 Å². The summed E-state index contributed by atoms with van der Waals surface area (Å²) >= 11 is 12.1. The van der Waals surface area contributed by atoms with Gasteiger partial charge in [0.05, 0.1) is 16.8 Å². The highest BCUT2D eigenvalue weighted by atomic mass is 35.5. The van der Waals surface area contributed by atoms with Crippen molar-refractivity contribution in [1.82, 2.24) is 0 Å². The summed E-state index contributed by atoms with van der Waals surface area (Å²) in [7, 11) is -1.21. The smallest absolute Gasteiger partial charge is 0.143 e. The first-order valence-corrected chi connectivity index (χ1v) is 10.6. The molecule has 0 saturated carbocycles. The topological polar surface area (TPSA) is 20.1 Å². The van der Waals surface area contributed by atoms with Gasteiger partial charge in [0.25, 0.3) is 0 Å². The summed E-state index contributed by atoms with van der Waals surface area (Å²) in [6.45, 7) is 4.08. The molecule has 1 heterocycles. The van der Waals surface area contributed by atoms with Crippen LogP contribution in [-0.4, -0.2) is 9.08 Å². The minimum atomic E-state index is -1.21. The first-order valence-electron chi connectivity index (χ1n) is 8.70. The Kier molecular flexibility index (Phi) is 4.79. The van der Waals surface area contributed by atoms with Crippen LogP contribution < -0.4 is 4.90 Å². The van der Waals surface area contributed by atoms with Gasteiger partial charge in [-0.1, -0.05) is 53.0 Å². The lowest BCUT2D eigenvalue weighted by molar-refractivity contribution is 0.670. The van der Waals surface area contributed by atoms with Gasteiger partial charge in [-0.2, -0.15) is 0 Å². The van der Waals surface area contributed by atoms with Gasteiger partial charge in [0.1, 0.15) is 4.87 Å². The van der Waals surface area contributed by atoms with Gasteiger partial charge >= 0.3 is 0 Å². The van der Waals surface area contributed by atoms with Crippen LogP contribution in [0, 0.1) is 6.92 Å². The van der Waals surface area contributed by atoms with Crippen molar-refractivity contribution in [2.45, 2.75) is 29.7 Å². The zero-order valence-electron chi connectivity index (χ0n) is 15.0. The fraction of sp³-hybridized carbons (Fsp3) is 0.182. The maximum Gasteiger partial charge on any atom is 0.143 e. The number of halogens is 2. The molecule has 1 aliphatic rings. The Morgan fingerprint density at radius 1 is 0.852 bits per heavy atom. The third-order valence-electron chi connectivity index (χ3n) is 5.08. The molecule has 3 aromatic rings. The van der Waals surface area contributed by atoms with E-state index in [1.165, 1.54) is 0 Å². The van der Waals surface area contributed by atoms with Crippen LogP contribution in [0.4, 0.5) is 5.69 Å². The van der Waals surface area contributed by atoms with Crippen LogP contribution in [0.5, 0.6) is 0 Å². The number of benzene rings is 3. The molecule has 138 valence electrons. The van der Waals surface area contributed by atoms with Gasteiger partial charge in [-0.15, -0.1) is 0 Å². The van der Waals surface area contributed by atoms with Crippen LogP contribution in [0.15, 0.2) is 77.7 Å². The first-order chi connectivity index (χ1) is 12.9. The van der Waals surface area contributed by atoms with Crippen LogP contribution in [0.25, 0.3) is 0 Å². The van der Waals surface area contributed by atoms with Gasteiger partial charge in [-0.25, -0.2) is 0 Å². The minimum absolute atomic E-state index is 0.00178. The van der Waals surface area contributed by atoms with Crippen LogP contribution >= 0.6 is 23.2 Å². The molecule has 0 bridgehead atoms. The molecule has 1 aliphatic heterocycles. The molecule has 1 unspecified atom stereocenters. The van der Waals surface area contributed by atoms with Crippen LogP contribution in [0.2, 0.25) is 10.0 Å². The van der Waals surface area contributed by atoms with Gasteiger partial charge in [0.15, 0.2) is 0 Å². The summed E-state index contributed by atoms with van der Waals surface area (Å²) in [6.07, 6.45) is 0. The predicted molar refractivity (Wildman–Crippen MR) is 114 cm³/mol. The molecule has 0 N–H and O–H groups in total. The molecule has 1 saturated heterocycles. The molecule has 0 aromatic heterocycles. The summed E-state index contributed by atoms with van der Waals surface area (Å²) in [6, 6.07) is 23.4. The molecule has 1 fully saturated rings. The molecule has 2 nitrogen and oxygen atoms in total. The Morgan fingerprint density at radius 2 is 1.37 bits per heavy atom. The van der Waals surface area contributed by atoms with Crippen LogP contribution in [-0.2, 0) is 10.8 Å². The second-order valence-electron chi connectivity index (χ2n) is 6.94. The number of nitrogens with zero attached hydrogens (tertiary/aromatic N) is 1. The van der Waals surface area contributed by atoms with Crippen molar-refractivity contribution in [3.63, 3.8) is 0 Å². The van der Waals surface area contributed by atoms with Crippen molar-refractivity contribution in [3.8, 4) is 0 Å². The van der Waals surface area contributed by atoms with Crippen molar-refractivity contribution in [2.24, 2.45) is 0 Å². The summed E-state index contributed by atoms with van der Waals surface area (Å²) in [4.78, 5) is 2.48. The van der Waals surface area contributed by atoms with E-state index in [1.54, 1.807) is 0 Å². The van der Waals surface area contributed by atoms with E-state index in [2.05, 4.69) is 11.8 Å². The summed E-state index contributed by atoms with van der Waals surface area (Å²) in [5, 5.41) is 1.38. The fourth-order valence-electron chi connectivity index (χ4n) is 3.57. The molecule has 0 aliphatic carbocycles. The second-order valence-corrected chi connectivity index (χ2v) is 9.65. The number of rotatable bonds is 4. The van der Waals surface area contributed by atoms with Gasteiger partial charge in [-0.05, 0) is 67.9 Å². The third kappa shape index (κ3) is 3.29. The normalized spacial score (nSPS) is 22.5. The van der Waals surface area contributed by atoms with Gasteiger partial charge in [-0.3, -0.25) is 4.21 Å². The molecule has 3 aromatic carbocycles. The standard InChI is InChI=1S/C22H19Cl2NOS/c1-15-3-13-20(14-4-15)27(26)22(2)21(16-5-7-17(23)8-6-16)25(22)19-11-9-18(24)10-12-19/h3-14,21H,1-2H3/t21-,22-,25?,27?/m1/s1. The van der Waals surface area contributed by atoms with E-state index in [0.29, 0.717) is 10.0 Å². The summed E-state index contributed by atoms with van der Waals surface area (Å²) in [5.41, 5.74) is 3.25.